The number of amides is 1. The lowest BCUT2D eigenvalue weighted by molar-refractivity contribution is -0.147. The molecular weight excluding hydrogens is 270 g/mol. The highest BCUT2D eigenvalue weighted by atomic mass is 16.4. The molecule has 6 heteroatoms. The predicted octanol–water partition coefficient (Wildman–Crippen LogP) is 1.65. The number of aryl methyl sites for hydroxylation is 1. The van der Waals surface area contributed by atoms with E-state index in [0.29, 0.717) is 18.5 Å². The summed E-state index contributed by atoms with van der Waals surface area (Å²) in [6, 6.07) is 0. The van der Waals surface area contributed by atoms with Crippen molar-refractivity contribution in [1.82, 2.24) is 14.7 Å². The average molecular weight is 293 g/mol. The Kier molecular flexibility index (Phi) is 3.59. The van der Waals surface area contributed by atoms with E-state index in [1.165, 1.54) is 0 Å². The van der Waals surface area contributed by atoms with Crippen LogP contribution in [0.4, 0.5) is 0 Å². The molecule has 0 bridgehead atoms. The van der Waals surface area contributed by atoms with Crippen molar-refractivity contribution in [2.24, 2.45) is 12.5 Å². The first-order valence-electron chi connectivity index (χ1n) is 7.11. The van der Waals surface area contributed by atoms with E-state index in [1.807, 2.05) is 20.8 Å². The molecule has 21 heavy (non-hydrogen) atoms. The highest BCUT2D eigenvalue weighted by molar-refractivity contribution is 5.96. The molecular formula is C15H23N3O3. The van der Waals surface area contributed by atoms with Gasteiger partial charge in [0.15, 0.2) is 0 Å². The molecule has 2 rings (SSSR count). The van der Waals surface area contributed by atoms with Gasteiger partial charge in [0.1, 0.15) is 0 Å². The van der Waals surface area contributed by atoms with Crippen LogP contribution in [0.25, 0.3) is 0 Å². The fourth-order valence-electron chi connectivity index (χ4n) is 2.68. The van der Waals surface area contributed by atoms with Crippen LogP contribution < -0.4 is 0 Å². The number of carboxylic acid groups (broad SMARTS) is 1. The van der Waals surface area contributed by atoms with Crippen molar-refractivity contribution in [1.29, 1.82) is 0 Å². The van der Waals surface area contributed by atoms with Gasteiger partial charge in [-0.05, 0) is 13.3 Å². The van der Waals surface area contributed by atoms with Gasteiger partial charge >= 0.3 is 5.97 Å². The van der Waals surface area contributed by atoms with Crippen LogP contribution in [-0.4, -0.2) is 44.8 Å². The van der Waals surface area contributed by atoms with Crippen molar-refractivity contribution in [3.63, 3.8) is 0 Å². The number of likely N-dealkylation sites (tertiary alicyclic amines) is 1. The van der Waals surface area contributed by atoms with E-state index >= 15 is 0 Å². The third-order valence-corrected chi connectivity index (χ3v) is 4.05. The lowest BCUT2D eigenvalue weighted by Gasteiger charge is -2.22. The second-order valence-corrected chi connectivity index (χ2v) is 7.16. The molecule has 1 saturated heterocycles. The minimum absolute atomic E-state index is 0.127. The van der Waals surface area contributed by atoms with Crippen LogP contribution in [0.2, 0.25) is 0 Å². The van der Waals surface area contributed by atoms with E-state index in [2.05, 4.69) is 5.10 Å². The summed E-state index contributed by atoms with van der Waals surface area (Å²) in [5, 5.41) is 13.7. The smallest absolute Gasteiger partial charge is 0.311 e. The summed E-state index contributed by atoms with van der Waals surface area (Å²) in [5.41, 5.74) is 0.237. The SMILES string of the molecule is Cn1cc(C(=O)N2CCC(C)(C(=O)O)C2)c(C(C)(C)C)n1. The van der Waals surface area contributed by atoms with Crippen molar-refractivity contribution in [3.8, 4) is 0 Å². The summed E-state index contributed by atoms with van der Waals surface area (Å²) < 4.78 is 1.64. The molecule has 1 fully saturated rings. The third-order valence-electron chi connectivity index (χ3n) is 4.05. The normalized spacial score (nSPS) is 22.6. The molecule has 1 amide bonds. The third kappa shape index (κ3) is 2.80. The summed E-state index contributed by atoms with van der Waals surface area (Å²) in [5.74, 6) is -0.974. The van der Waals surface area contributed by atoms with Gasteiger partial charge < -0.3 is 10.0 Å². The van der Waals surface area contributed by atoms with Crippen molar-refractivity contribution in [2.75, 3.05) is 13.1 Å². The largest absolute Gasteiger partial charge is 0.481 e. The number of nitrogens with zero attached hydrogens (tertiary/aromatic N) is 3. The van der Waals surface area contributed by atoms with Crippen LogP contribution in [0.15, 0.2) is 6.20 Å². The van der Waals surface area contributed by atoms with Gasteiger partial charge in [-0.3, -0.25) is 14.3 Å². The van der Waals surface area contributed by atoms with Gasteiger partial charge in [-0.1, -0.05) is 20.8 Å². The van der Waals surface area contributed by atoms with Crippen LogP contribution in [0.5, 0.6) is 0 Å². The van der Waals surface area contributed by atoms with Crippen LogP contribution in [0, 0.1) is 5.41 Å². The fraction of sp³-hybridized carbons (Fsp3) is 0.667. The maximum Gasteiger partial charge on any atom is 0.311 e. The van der Waals surface area contributed by atoms with E-state index in [1.54, 1.807) is 29.7 Å². The van der Waals surface area contributed by atoms with E-state index < -0.39 is 11.4 Å². The first-order valence-corrected chi connectivity index (χ1v) is 7.11. The van der Waals surface area contributed by atoms with Gasteiger partial charge in [0, 0.05) is 31.7 Å². The lowest BCUT2D eigenvalue weighted by Crippen LogP contribution is -2.35. The van der Waals surface area contributed by atoms with Crippen LogP contribution in [0.3, 0.4) is 0 Å². The van der Waals surface area contributed by atoms with Crippen LogP contribution >= 0.6 is 0 Å². The van der Waals surface area contributed by atoms with Gasteiger partial charge in [0.2, 0.25) is 0 Å². The molecule has 1 aromatic rings. The molecule has 1 atom stereocenters. The van der Waals surface area contributed by atoms with E-state index in [0.717, 1.165) is 5.69 Å². The number of carbonyl (C=O) groups is 2. The maximum absolute atomic E-state index is 12.7. The Morgan fingerprint density at radius 1 is 1.38 bits per heavy atom. The van der Waals surface area contributed by atoms with E-state index in [-0.39, 0.29) is 17.9 Å². The number of carbonyl (C=O) groups excluding carboxylic acids is 1. The van der Waals surface area contributed by atoms with Crippen molar-refractivity contribution in [2.45, 2.75) is 39.5 Å². The van der Waals surface area contributed by atoms with E-state index in [9.17, 15) is 14.7 Å². The van der Waals surface area contributed by atoms with Gasteiger partial charge in [0.25, 0.3) is 5.91 Å². The number of hydrogen-bond donors (Lipinski definition) is 1. The Morgan fingerprint density at radius 2 is 2.00 bits per heavy atom. The fourth-order valence-corrected chi connectivity index (χ4v) is 2.68. The highest BCUT2D eigenvalue weighted by Crippen LogP contribution is 2.32. The summed E-state index contributed by atoms with van der Waals surface area (Å²) in [7, 11) is 1.79. The number of carboxylic acids is 1. The lowest BCUT2D eigenvalue weighted by atomic mass is 9.89. The Labute approximate surface area is 124 Å². The molecule has 0 spiro atoms. The highest BCUT2D eigenvalue weighted by Gasteiger charge is 2.43. The molecule has 0 aliphatic carbocycles. The maximum atomic E-state index is 12.7. The molecule has 1 aliphatic heterocycles. The molecule has 2 heterocycles. The quantitative estimate of drug-likeness (QED) is 0.899. The second kappa shape index (κ2) is 4.86. The summed E-state index contributed by atoms with van der Waals surface area (Å²) >= 11 is 0. The zero-order valence-corrected chi connectivity index (χ0v) is 13.3. The van der Waals surface area contributed by atoms with Gasteiger partial charge in [-0.15, -0.1) is 0 Å². The zero-order valence-electron chi connectivity index (χ0n) is 13.3. The number of aromatic nitrogens is 2. The molecule has 6 nitrogen and oxygen atoms in total. The number of hydrogen-bond acceptors (Lipinski definition) is 3. The molecule has 116 valence electrons. The predicted molar refractivity (Wildman–Crippen MR) is 78.2 cm³/mol. The Hall–Kier alpha value is -1.85. The number of rotatable bonds is 2. The molecule has 1 unspecified atom stereocenters. The minimum Gasteiger partial charge on any atom is -0.481 e. The first kappa shape index (κ1) is 15.5. The number of aliphatic carboxylic acids is 1. The van der Waals surface area contributed by atoms with Crippen LogP contribution in [-0.2, 0) is 17.3 Å². The Bertz CT molecular complexity index is 585. The molecule has 1 aromatic heterocycles. The monoisotopic (exact) mass is 293 g/mol. The van der Waals surface area contributed by atoms with Gasteiger partial charge in [-0.2, -0.15) is 5.10 Å². The standard InChI is InChI=1S/C15H23N3O3/c1-14(2,3)11-10(8-17(5)16-11)12(19)18-7-6-15(4,9-18)13(20)21/h8H,6-7,9H2,1-5H3,(H,20,21). The van der Waals surface area contributed by atoms with E-state index in [4.69, 9.17) is 0 Å². The van der Waals surface area contributed by atoms with Crippen molar-refractivity contribution >= 4 is 11.9 Å². The Balaban J connectivity index is 2.29. The second-order valence-electron chi connectivity index (χ2n) is 7.16. The van der Waals surface area contributed by atoms with Gasteiger partial charge in [-0.25, -0.2) is 0 Å². The van der Waals surface area contributed by atoms with Crippen molar-refractivity contribution < 1.29 is 14.7 Å². The molecule has 1 aliphatic rings. The first-order chi connectivity index (χ1) is 9.54. The zero-order chi connectivity index (χ0) is 16.0. The minimum atomic E-state index is -0.847. The average Bonchev–Trinajstić information content (AvgIpc) is 2.92. The van der Waals surface area contributed by atoms with Crippen LogP contribution in [0.1, 0.15) is 50.2 Å². The summed E-state index contributed by atoms with van der Waals surface area (Å²) in [6.45, 7) is 8.45. The van der Waals surface area contributed by atoms with Crippen molar-refractivity contribution in [3.05, 3.63) is 17.5 Å². The summed E-state index contributed by atoms with van der Waals surface area (Å²) in [4.78, 5) is 25.6. The molecule has 0 saturated carbocycles. The molecule has 0 aromatic carbocycles. The Morgan fingerprint density at radius 3 is 2.48 bits per heavy atom. The van der Waals surface area contributed by atoms with Gasteiger partial charge in [0.05, 0.1) is 16.7 Å². The topological polar surface area (TPSA) is 75.4 Å². The molecule has 1 N–H and O–H groups in total. The summed E-state index contributed by atoms with van der Waals surface area (Å²) in [6.07, 6.45) is 2.21. The molecule has 0 radical (unpaired) electrons.